The zero-order valence-electron chi connectivity index (χ0n) is 15.4. The van der Waals surface area contributed by atoms with Gasteiger partial charge in [-0.3, -0.25) is 4.90 Å². The molecule has 2 atom stereocenters. The predicted molar refractivity (Wildman–Crippen MR) is 97.0 cm³/mol. The van der Waals surface area contributed by atoms with Crippen LogP contribution in [0.4, 0.5) is 0 Å². The van der Waals surface area contributed by atoms with Crippen LogP contribution in [0.3, 0.4) is 0 Å². The lowest BCUT2D eigenvalue weighted by atomic mass is 9.58. The first-order chi connectivity index (χ1) is 12.0. The van der Waals surface area contributed by atoms with E-state index in [1.807, 2.05) is 6.07 Å². The lowest BCUT2D eigenvalue weighted by molar-refractivity contribution is -0.213. The van der Waals surface area contributed by atoms with E-state index in [9.17, 15) is 5.11 Å². The molecule has 1 aliphatic heterocycles. The summed E-state index contributed by atoms with van der Waals surface area (Å²) in [6.45, 7) is 8.10. The van der Waals surface area contributed by atoms with Crippen LogP contribution in [0.25, 0.3) is 0 Å². The van der Waals surface area contributed by atoms with Crippen LogP contribution in [-0.4, -0.2) is 66.8 Å². The molecule has 1 aliphatic carbocycles. The zero-order chi connectivity index (χ0) is 17.9. The molecule has 2 N–H and O–H groups in total. The van der Waals surface area contributed by atoms with Crippen LogP contribution in [0.15, 0.2) is 18.2 Å². The second-order valence-electron chi connectivity index (χ2n) is 7.53. The second-order valence-corrected chi connectivity index (χ2v) is 7.53. The summed E-state index contributed by atoms with van der Waals surface area (Å²) < 4.78 is 11.7. The van der Waals surface area contributed by atoms with Gasteiger partial charge in [-0.2, -0.15) is 0 Å². The highest BCUT2D eigenvalue weighted by Crippen LogP contribution is 2.50. The first kappa shape index (κ1) is 18.6. The summed E-state index contributed by atoms with van der Waals surface area (Å²) in [5.41, 5.74) is 2.34. The minimum Gasteiger partial charge on any atom is -0.492 e. The number of likely N-dealkylation sites (tertiary alicyclic amines) is 1. The summed E-state index contributed by atoms with van der Waals surface area (Å²) in [7, 11) is 0. The number of hydrogen-bond acceptors (Lipinski definition) is 5. The quantitative estimate of drug-likeness (QED) is 0.787. The van der Waals surface area contributed by atoms with Crippen LogP contribution in [-0.2, 0) is 4.74 Å². The third-order valence-corrected chi connectivity index (χ3v) is 5.94. The van der Waals surface area contributed by atoms with E-state index in [4.69, 9.17) is 14.6 Å². The van der Waals surface area contributed by atoms with Crippen LogP contribution in [0, 0.1) is 19.3 Å². The Balaban J connectivity index is 1.43. The van der Waals surface area contributed by atoms with Crippen molar-refractivity contribution in [1.29, 1.82) is 0 Å². The van der Waals surface area contributed by atoms with Crippen molar-refractivity contribution in [1.82, 2.24) is 4.90 Å². The summed E-state index contributed by atoms with van der Waals surface area (Å²) in [5.74, 6) is 0.964. The molecule has 5 heteroatoms. The minimum atomic E-state index is -0.259. The van der Waals surface area contributed by atoms with E-state index >= 15 is 0 Å². The maximum Gasteiger partial charge on any atom is 0.122 e. The Morgan fingerprint density at radius 1 is 1.20 bits per heavy atom. The van der Waals surface area contributed by atoms with E-state index in [2.05, 4.69) is 30.9 Å². The van der Waals surface area contributed by atoms with Crippen LogP contribution >= 0.6 is 0 Å². The van der Waals surface area contributed by atoms with Crippen LogP contribution in [0.5, 0.6) is 5.75 Å². The van der Waals surface area contributed by atoms with Gasteiger partial charge in [-0.05, 0) is 51.4 Å². The van der Waals surface area contributed by atoms with E-state index < -0.39 is 0 Å². The number of rotatable bonds is 7. The average Bonchev–Trinajstić information content (AvgIpc) is 2.61. The van der Waals surface area contributed by atoms with Gasteiger partial charge in [0, 0.05) is 18.4 Å². The standard InChI is InChI=1S/C20H31NO4/c1-15-3-4-17(16(2)13-15)24-11-9-21-7-5-20(6-8-21)18(23)14-19(20)25-12-10-22/h3-4,13,18-19,22-23H,5-12,14H2,1-2H3/t18-,19+/m0/s1. The topological polar surface area (TPSA) is 62.2 Å². The fourth-order valence-corrected chi connectivity index (χ4v) is 4.25. The fourth-order valence-electron chi connectivity index (χ4n) is 4.25. The van der Waals surface area contributed by atoms with Crippen molar-refractivity contribution in [3.63, 3.8) is 0 Å². The Kier molecular flexibility index (Phi) is 6.00. The molecule has 25 heavy (non-hydrogen) atoms. The van der Waals surface area contributed by atoms with Gasteiger partial charge in [-0.15, -0.1) is 0 Å². The molecule has 0 bridgehead atoms. The van der Waals surface area contributed by atoms with Crippen LogP contribution < -0.4 is 4.74 Å². The summed E-state index contributed by atoms with van der Waals surface area (Å²) in [5, 5.41) is 19.2. The molecule has 0 unspecified atom stereocenters. The summed E-state index contributed by atoms with van der Waals surface area (Å²) >= 11 is 0. The highest BCUT2D eigenvalue weighted by Gasteiger charge is 2.55. The molecule has 2 fully saturated rings. The van der Waals surface area contributed by atoms with E-state index in [0.717, 1.165) is 38.2 Å². The number of benzene rings is 1. The first-order valence-corrected chi connectivity index (χ1v) is 9.38. The lowest BCUT2D eigenvalue weighted by Crippen LogP contribution is -2.62. The van der Waals surface area contributed by atoms with Gasteiger partial charge in [-0.25, -0.2) is 0 Å². The van der Waals surface area contributed by atoms with E-state index in [-0.39, 0.29) is 24.2 Å². The minimum absolute atomic E-state index is 0.0462. The number of hydrogen-bond donors (Lipinski definition) is 2. The van der Waals surface area contributed by atoms with Gasteiger partial charge in [0.25, 0.3) is 0 Å². The second kappa shape index (κ2) is 8.04. The Labute approximate surface area is 150 Å². The van der Waals surface area contributed by atoms with Gasteiger partial charge in [0.15, 0.2) is 0 Å². The monoisotopic (exact) mass is 349 g/mol. The zero-order valence-corrected chi connectivity index (χ0v) is 15.4. The Bertz CT molecular complexity index is 569. The molecule has 1 heterocycles. The third kappa shape index (κ3) is 4.00. The van der Waals surface area contributed by atoms with Gasteiger partial charge in [-0.1, -0.05) is 17.7 Å². The van der Waals surface area contributed by atoms with E-state index in [1.54, 1.807) is 0 Å². The van der Waals surface area contributed by atoms with Gasteiger partial charge >= 0.3 is 0 Å². The SMILES string of the molecule is Cc1ccc(OCCN2CCC3(CC2)[C@@H](O)C[C@H]3OCCO)c(C)c1. The number of aliphatic hydroxyl groups excluding tert-OH is 2. The van der Waals surface area contributed by atoms with Gasteiger partial charge in [0.05, 0.1) is 25.4 Å². The molecule has 140 valence electrons. The van der Waals surface area contributed by atoms with Gasteiger partial charge in [0.1, 0.15) is 12.4 Å². The fraction of sp³-hybridized carbons (Fsp3) is 0.700. The summed E-state index contributed by atoms with van der Waals surface area (Å²) in [4.78, 5) is 2.41. The highest BCUT2D eigenvalue weighted by molar-refractivity contribution is 5.35. The molecule has 1 spiro atoms. The molecule has 1 aromatic rings. The number of aliphatic hydroxyl groups is 2. The molecule has 5 nitrogen and oxygen atoms in total. The molecule has 1 aromatic carbocycles. The Hall–Kier alpha value is -1.14. The van der Waals surface area contributed by atoms with E-state index in [0.29, 0.717) is 19.6 Å². The molecular weight excluding hydrogens is 318 g/mol. The van der Waals surface area contributed by atoms with E-state index in [1.165, 1.54) is 11.1 Å². The smallest absolute Gasteiger partial charge is 0.122 e. The molecule has 1 saturated carbocycles. The van der Waals surface area contributed by atoms with Crippen LogP contribution in [0.1, 0.15) is 30.4 Å². The summed E-state index contributed by atoms with van der Waals surface area (Å²) in [6, 6.07) is 6.27. The molecule has 0 amide bonds. The third-order valence-electron chi connectivity index (χ3n) is 5.94. The van der Waals surface area contributed by atoms with Crippen molar-refractivity contribution >= 4 is 0 Å². The molecule has 3 rings (SSSR count). The molecule has 2 aliphatic rings. The van der Waals surface area contributed by atoms with Crippen LogP contribution in [0.2, 0.25) is 0 Å². The molecule has 0 aromatic heterocycles. The Morgan fingerprint density at radius 3 is 2.60 bits per heavy atom. The van der Waals surface area contributed by atoms with Gasteiger partial charge < -0.3 is 19.7 Å². The number of nitrogens with zero attached hydrogens (tertiary/aromatic N) is 1. The first-order valence-electron chi connectivity index (χ1n) is 9.38. The summed E-state index contributed by atoms with van der Waals surface area (Å²) in [6.07, 6.45) is 2.45. The Morgan fingerprint density at radius 2 is 1.96 bits per heavy atom. The predicted octanol–water partition coefficient (Wildman–Crippen LogP) is 1.91. The molecule has 0 radical (unpaired) electrons. The molecule has 1 saturated heterocycles. The maximum atomic E-state index is 10.3. The number of piperidine rings is 1. The average molecular weight is 349 g/mol. The van der Waals surface area contributed by atoms with Gasteiger partial charge in [0.2, 0.25) is 0 Å². The van der Waals surface area contributed by atoms with Crippen molar-refractivity contribution in [2.45, 2.75) is 45.3 Å². The van der Waals surface area contributed by atoms with Crippen molar-refractivity contribution in [2.24, 2.45) is 5.41 Å². The van der Waals surface area contributed by atoms with Crippen molar-refractivity contribution in [3.8, 4) is 5.75 Å². The maximum absolute atomic E-state index is 10.3. The largest absolute Gasteiger partial charge is 0.492 e. The molecular formula is C20H31NO4. The number of ether oxygens (including phenoxy) is 2. The van der Waals surface area contributed by atoms with Crippen molar-refractivity contribution in [2.75, 3.05) is 39.5 Å². The lowest BCUT2D eigenvalue weighted by Gasteiger charge is -2.56. The highest BCUT2D eigenvalue weighted by atomic mass is 16.5. The normalized spacial score (nSPS) is 25.8. The number of aryl methyl sites for hydroxylation is 2. The van der Waals surface area contributed by atoms with Crippen molar-refractivity contribution in [3.05, 3.63) is 29.3 Å². The van der Waals surface area contributed by atoms with Crippen molar-refractivity contribution < 1.29 is 19.7 Å².